The van der Waals surface area contributed by atoms with E-state index in [9.17, 15) is 4.39 Å². The van der Waals surface area contributed by atoms with E-state index in [4.69, 9.17) is 34.3 Å². The van der Waals surface area contributed by atoms with E-state index in [2.05, 4.69) is 0 Å². The van der Waals surface area contributed by atoms with E-state index in [-0.39, 0.29) is 12.4 Å². The molecule has 0 radical (unpaired) electrons. The highest BCUT2D eigenvalue weighted by Gasteiger charge is 2.06. The van der Waals surface area contributed by atoms with Crippen LogP contribution in [0, 0.1) is 12.7 Å². The molecule has 2 aromatic carbocycles. The van der Waals surface area contributed by atoms with Crippen molar-refractivity contribution in [1.29, 1.82) is 0 Å². The second-order valence-electron chi connectivity index (χ2n) is 4.37. The molecule has 0 aromatic heterocycles. The summed E-state index contributed by atoms with van der Waals surface area (Å²) in [5.41, 5.74) is 7.60. The Hall–Kier alpha value is -1.65. The van der Waals surface area contributed by atoms with Crippen LogP contribution in [-0.4, -0.2) is 4.99 Å². The fraction of sp³-hybridized carbons (Fsp3) is 0.133. The third kappa shape index (κ3) is 3.46. The van der Waals surface area contributed by atoms with Gasteiger partial charge in [0, 0.05) is 22.2 Å². The molecule has 0 saturated carbocycles. The van der Waals surface area contributed by atoms with Gasteiger partial charge in [0.1, 0.15) is 23.2 Å². The van der Waals surface area contributed by atoms with E-state index in [1.807, 2.05) is 0 Å². The van der Waals surface area contributed by atoms with Crippen molar-refractivity contribution in [2.75, 3.05) is 0 Å². The highest BCUT2D eigenvalue weighted by Crippen LogP contribution is 2.21. The molecular formula is C15H13ClFNOS. The molecule has 0 aliphatic rings. The van der Waals surface area contributed by atoms with Crippen LogP contribution >= 0.6 is 23.8 Å². The lowest BCUT2D eigenvalue weighted by Gasteiger charge is -2.09. The largest absolute Gasteiger partial charge is 0.489 e. The summed E-state index contributed by atoms with van der Waals surface area (Å²) < 4.78 is 18.9. The van der Waals surface area contributed by atoms with Gasteiger partial charge in [-0.1, -0.05) is 42.0 Å². The molecular weight excluding hydrogens is 297 g/mol. The maximum absolute atomic E-state index is 13.4. The van der Waals surface area contributed by atoms with Crippen LogP contribution < -0.4 is 10.5 Å². The van der Waals surface area contributed by atoms with Crippen LogP contribution in [0.2, 0.25) is 5.02 Å². The molecule has 0 amide bonds. The van der Waals surface area contributed by atoms with E-state index in [0.29, 0.717) is 26.9 Å². The minimum atomic E-state index is -0.294. The number of ether oxygens (including phenoxy) is 1. The van der Waals surface area contributed by atoms with Crippen molar-refractivity contribution < 1.29 is 9.13 Å². The summed E-state index contributed by atoms with van der Waals surface area (Å²) in [5.74, 6) is 0.167. The molecule has 0 heterocycles. The van der Waals surface area contributed by atoms with Crippen LogP contribution in [0.1, 0.15) is 16.7 Å². The second kappa shape index (κ2) is 6.20. The van der Waals surface area contributed by atoms with Gasteiger partial charge in [-0.15, -0.1) is 0 Å². The van der Waals surface area contributed by atoms with E-state index in [0.717, 1.165) is 5.56 Å². The Bertz CT molecular complexity index is 660. The summed E-state index contributed by atoms with van der Waals surface area (Å²) in [6, 6.07) is 10.0. The fourth-order valence-corrected chi connectivity index (χ4v) is 2.00. The van der Waals surface area contributed by atoms with Gasteiger partial charge in [0.2, 0.25) is 0 Å². The summed E-state index contributed by atoms with van der Waals surface area (Å²) in [6.07, 6.45) is 0. The number of hydrogen-bond acceptors (Lipinski definition) is 2. The highest BCUT2D eigenvalue weighted by atomic mass is 35.5. The Morgan fingerprint density at radius 3 is 2.65 bits per heavy atom. The van der Waals surface area contributed by atoms with Crippen molar-refractivity contribution in [2.24, 2.45) is 5.73 Å². The molecule has 0 bridgehead atoms. The van der Waals surface area contributed by atoms with Crippen LogP contribution in [0.5, 0.6) is 5.75 Å². The molecule has 0 unspecified atom stereocenters. The Morgan fingerprint density at radius 2 is 2.05 bits per heavy atom. The summed E-state index contributed by atoms with van der Waals surface area (Å²) >= 11 is 11.0. The first-order chi connectivity index (χ1) is 9.47. The second-order valence-corrected chi connectivity index (χ2v) is 5.22. The molecule has 104 valence electrons. The average molecular weight is 310 g/mol. The molecule has 0 spiro atoms. The molecule has 2 N–H and O–H groups in total. The molecule has 2 aromatic rings. The van der Waals surface area contributed by atoms with Crippen LogP contribution in [0.3, 0.4) is 0 Å². The molecule has 0 saturated heterocycles. The minimum Gasteiger partial charge on any atom is -0.489 e. The first kappa shape index (κ1) is 14.8. The monoisotopic (exact) mass is 309 g/mol. The van der Waals surface area contributed by atoms with Crippen LogP contribution in [-0.2, 0) is 6.61 Å². The van der Waals surface area contributed by atoms with Crippen LogP contribution in [0.25, 0.3) is 0 Å². The minimum absolute atomic E-state index is 0.249. The van der Waals surface area contributed by atoms with E-state index in [1.165, 1.54) is 6.07 Å². The zero-order valence-electron chi connectivity index (χ0n) is 10.8. The summed E-state index contributed by atoms with van der Waals surface area (Å²) in [4.78, 5) is 0.292. The summed E-state index contributed by atoms with van der Waals surface area (Å²) in [6.45, 7) is 1.95. The Balaban J connectivity index is 2.10. The van der Waals surface area contributed by atoms with Gasteiger partial charge in [0.05, 0.1) is 0 Å². The number of aryl methyl sites for hydroxylation is 1. The lowest BCUT2D eigenvalue weighted by Crippen LogP contribution is -2.09. The van der Waals surface area contributed by atoms with E-state index < -0.39 is 0 Å². The molecule has 2 rings (SSSR count). The Labute approximate surface area is 127 Å². The van der Waals surface area contributed by atoms with Gasteiger partial charge < -0.3 is 10.5 Å². The van der Waals surface area contributed by atoms with E-state index >= 15 is 0 Å². The quantitative estimate of drug-likeness (QED) is 0.867. The van der Waals surface area contributed by atoms with Gasteiger partial charge >= 0.3 is 0 Å². The molecule has 2 nitrogen and oxygen atoms in total. The summed E-state index contributed by atoms with van der Waals surface area (Å²) in [5, 5.41) is 0.517. The van der Waals surface area contributed by atoms with Gasteiger partial charge in [-0.05, 0) is 24.6 Å². The van der Waals surface area contributed by atoms with Gasteiger partial charge in [-0.2, -0.15) is 0 Å². The highest BCUT2D eigenvalue weighted by molar-refractivity contribution is 7.80. The Kier molecular flexibility index (Phi) is 4.57. The Morgan fingerprint density at radius 1 is 1.30 bits per heavy atom. The standard InChI is InChI=1S/C15H13ClFNOS/c1-9-2-5-12(7-14(9)17)19-8-11-4-3-10(15(18)20)6-13(11)16/h2-7H,8H2,1H3,(H2,18,20). The van der Waals surface area contributed by atoms with Crippen molar-refractivity contribution in [3.63, 3.8) is 0 Å². The molecule has 5 heteroatoms. The number of hydrogen-bond donors (Lipinski definition) is 1. The van der Waals surface area contributed by atoms with Crippen molar-refractivity contribution in [3.8, 4) is 5.75 Å². The van der Waals surface area contributed by atoms with Gasteiger partial charge in [0.15, 0.2) is 0 Å². The third-order valence-electron chi connectivity index (χ3n) is 2.88. The molecule has 0 fully saturated rings. The van der Waals surface area contributed by atoms with Crippen molar-refractivity contribution in [1.82, 2.24) is 0 Å². The predicted octanol–water partition coefficient (Wildman–Crippen LogP) is 4.00. The van der Waals surface area contributed by atoms with E-state index in [1.54, 1.807) is 37.3 Å². The number of nitrogens with two attached hydrogens (primary N) is 1. The maximum atomic E-state index is 13.4. The smallest absolute Gasteiger partial charge is 0.129 e. The summed E-state index contributed by atoms with van der Waals surface area (Å²) in [7, 11) is 0. The first-order valence-corrected chi connectivity index (χ1v) is 6.73. The van der Waals surface area contributed by atoms with Gasteiger partial charge in [-0.3, -0.25) is 0 Å². The molecule has 0 aliphatic heterocycles. The maximum Gasteiger partial charge on any atom is 0.129 e. The number of thiocarbonyl (C=S) groups is 1. The molecule has 0 aliphatic carbocycles. The van der Waals surface area contributed by atoms with Crippen LogP contribution in [0.15, 0.2) is 36.4 Å². The topological polar surface area (TPSA) is 35.2 Å². The third-order valence-corrected chi connectivity index (χ3v) is 3.46. The van der Waals surface area contributed by atoms with Crippen molar-refractivity contribution in [3.05, 3.63) is 63.9 Å². The SMILES string of the molecule is Cc1ccc(OCc2ccc(C(N)=S)cc2Cl)cc1F. The predicted molar refractivity (Wildman–Crippen MR) is 82.8 cm³/mol. The van der Waals surface area contributed by atoms with Crippen LogP contribution in [0.4, 0.5) is 4.39 Å². The normalized spacial score (nSPS) is 10.3. The lowest BCUT2D eigenvalue weighted by atomic mass is 10.1. The molecule has 0 atom stereocenters. The molecule has 20 heavy (non-hydrogen) atoms. The number of benzene rings is 2. The lowest BCUT2D eigenvalue weighted by molar-refractivity contribution is 0.304. The number of halogens is 2. The zero-order chi connectivity index (χ0) is 14.7. The zero-order valence-corrected chi connectivity index (χ0v) is 12.4. The van der Waals surface area contributed by atoms with Gasteiger partial charge in [0.25, 0.3) is 0 Å². The van der Waals surface area contributed by atoms with Crippen molar-refractivity contribution in [2.45, 2.75) is 13.5 Å². The van der Waals surface area contributed by atoms with Gasteiger partial charge in [-0.25, -0.2) is 4.39 Å². The number of rotatable bonds is 4. The first-order valence-electron chi connectivity index (χ1n) is 5.94. The average Bonchev–Trinajstić information content (AvgIpc) is 2.41. The fourth-order valence-electron chi connectivity index (χ4n) is 1.64. The van der Waals surface area contributed by atoms with Crippen molar-refractivity contribution >= 4 is 28.8 Å².